The summed E-state index contributed by atoms with van der Waals surface area (Å²) < 4.78 is 0. The van der Waals surface area contributed by atoms with E-state index in [4.69, 9.17) is 17.2 Å². The second kappa shape index (κ2) is 5.24. The maximum atomic E-state index is 11.7. The lowest BCUT2D eigenvalue weighted by Crippen LogP contribution is -2.57. The van der Waals surface area contributed by atoms with Crippen LogP contribution in [0.25, 0.3) is 0 Å². The van der Waals surface area contributed by atoms with Crippen LogP contribution in [0.15, 0.2) is 6.20 Å². The van der Waals surface area contributed by atoms with Crippen molar-refractivity contribution < 1.29 is 9.90 Å². The zero-order valence-electron chi connectivity index (χ0n) is 13.7. The van der Waals surface area contributed by atoms with Gasteiger partial charge in [0.15, 0.2) is 0 Å². The fraction of sp³-hybridized carbons (Fsp3) is 0.647. The summed E-state index contributed by atoms with van der Waals surface area (Å²) in [7, 11) is 0. The second-order valence-corrected chi connectivity index (χ2v) is 8.01. The minimum absolute atomic E-state index is 0.101. The molecule has 4 bridgehead atoms. The monoisotopic (exact) mass is 331 g/mol. The summed E-state index contributed by atoms with van der Waals surface area (Å²) in [6.45, 7) is 0.278. The fourth-order valence-corrected chi connectivity index (χ4v) is 5.67. The Bertz CT molecular complexity index is 676. The summed E-state index contributed by atoms with van der Waals surface area (Å²) in [5.74, 6) is 1.32. The lowest BCUT2D eigenvalue weighted by molar-refractivity contribution is -0.0868. The van der Waals surface area contributed by atoms with Crippen molar-refractivity contribution in [1.82, 2.24) is 4.98 Å². The summed E-state index contributed by atoms with van der Waals surface area (Å²) in [6, 6.07) is 0.239. The molecule has 4 fully saturated rings. The van der Waals surface area contributed by atoms with Crippen molar-refractivity contribution in [1.29, 1.82) is 0 Å². The van der Waals surface area contributed by atoms with E-state index in [1.54, 1.807) is 0 Å². The van der Waals surface area contributed by atoms with E-state index in [0.29, 0.717) is 23.4 Å². The highest BCUT2D eigenvalue weighted by molar-refractivity contribution is 6.02. The molecule has 2 unspecified atom stereocenters. The molecule has 24 heavy (non-hydrogen) atoms. The molecular formula is C17H25N5O2. The average Bonchev–Trinajstić information content (AvgIpc) is 2.53. The van der Waals surface area contributed by atoms with E-state index in [1.165, 1.54) is 19.0 Å². The molecule has 0 saturated heterocycles. The molecule has 130 valence electrons. The van der Waals surface area contributed by atoms with Crippen molar-refractivity contribution >= 4 is 23.1 Å². The number of nitrogen functional groups attached to an aromatic ring is 2. The number of nitrogens with zero attached hydrogens (tertiary/aromatic N) is 1. The topological polar surface area (TPSA) is 140 Å². The highest BCUT2D eigenvalue weighted by atomic mass is 16.3. The van der Waals surface area contributed by atoms with Gasteiger partial charge in [-0.1, -0.05) is 0 Å². The second-order valence-electron chi connectivity index (χ2n) is 8.01. The van der Waals surface area contributed by atoms with Crippen LogP contribution in [-0.2, 0) is 0 Å². The van der Waals surface area contributed by atoms with Crippen LogP contribution in [0.1, 0.15) is 42.5 Å². The Hall–Kier alpha value is -2.02. The maximum absolute atomic E-state index is 11.7. The van der Waals surface area contributed by atoms with Crippen molar-refractivity contribution in [2.75, 3.05) is 23.4 Å². The van der Waals surface area contributed by atoms with Gasteiger partial charge in [0.25, 0.3) is 5.91 Å². The molecule has 1 amide bonds. The first kappa shape index (κ1) is 15.5. The zero-order valence-corrected chi connectivity index (χ0v) is 13.7. The number of amides is 1. The summed E-state index contributed by atoms with van der Waals surface area (Å²) in [5.41, 5.74) is 18.6. The van der Waals surface area contributed by atoms with Crippen molar-refractivity contribution in [3.8, 4) is 0 Å². The molecule has 4 aliphatic rings. The van der Waals surface area contributed by atoms with Crippen LogP contribution in [0.4, 0.5) is 17.2 Å². The standard InChI is InChI=1S/C17H25N5O2/c18-12-14(11(16(20)24)6-21-15(12)19)22-13-9-1-8-2-10(13)5-17(3-8,4-9)7-23/h6,8-10,13,23H,1-5,7,18H2,(H2,20,24)(H3,19,21,22). The predicted molar refractivity (Wildman–Crippen MR) is 92.1 cm³/mol. The summed E-state index contributed by atoms with van der Waals surface area (Å²) in [5, 5.41) is 13.4. The number of anilines is 3. The Morgan fingerprint density at radius 3 is 2.54 bits per heavy atom. The lowest BCUT2D eigenvalue weighted by atomic mass is 9.48. The molecular weight excluding hydrogens is 306 g/mol. The molecule has 1 aromatic heterocycles. The molecule has 1 heterocycles. The average molecular weight is 331 g/mol. The molecule has 5 rings (SSSR count). The van der Waals surface area contributed by atoms with Gasteiger partial charge in [0.2, 0.25) is 0 Å². The lowest BCUT2D eigenvalue weighted by Gasteiger charge is -2.60. The number of aromatic nitrogens is 1. The summed E-state index contributed by atoms with van der Waals surface area (Å²) in [6.07, 6.45) is 6.94. The van der Waals surface area contributed by atoms with Gasteiger partial charge in [0.1, 0.15) is 5.82 Å². The number of primary amides is 1. The van der Waals surface area contributed by atoms with Gasteiger partial charge in [-0.25, -0.2) is 4.98 Å². The van der Waals surface area contributed by atoms with Crippen LogP contribution < -0.4 is 22.5 Å². The van der Waals surface area contributed by atoms with Crippen molar-refractivity contribution in [3.05, 3.63) is 11.8 Å². The molecule has 0 aromatic carbocycles. The molecule has 0 spiro atoms. The van der Waals surface area contributed by atoms with Gasteiger partial charge in [-0.2, -0.15) is 0 Å². The largest absolute Gasteiger partial charge is 0.396 e. The van der Waals surface area contributed by atoms with Crippen LogP contribution in [0, 0.1) is 23.2 Å². The minimum atomic E-state index is -0.563. The van der Waals surface area contributed by atoms with Crippen LogP contribution >= 0.6 is 0 Å². The molecule has 7 nitrogen and oxygen atoms in total. The predicted octanol–water partition coefficient (Wildman–Crippen LogP) is 0.944. The molecule has 4 saturated carbocycles. The first-order valence-electron chi connectivity index (χ1n) is 8.63. The Balaban J connectivity index is 1.66. The van der Waals surface area contributed by atoms with Gasteiger partial charge >= 0.3 is 0 Å². The number of hydrogen-bond donors (Lipinski definition) is 5. The van der Waals surface area contributed by atoms with E-state index in [-0.39, 0.29) is 35.1 Å². The van der Waals surface area contributed by atoms with E-state index >= 15 is 0 Å². The molecule has 1 aromatic rings. The quantitative estimate of drug-likeness (QED) is 0.556. The van der Waals surface area contributed by atoms with Crippen molar-refractivity contribution in [2.24, 2.45) is 28.9 Å². The molecule has 0 radical (unpaired) electrons. The normalized spacial score (nSPS) is 36.7. The van der Waals surface area contributed by atoms with Gasteiger partial charge in [0.05, 0.1) is 16.9 Å². The van der Waals surface area contributed by atoms with Crippen LogP contribution in [-0.4, -0.2) is 28.6 Å². The Morgan fingerprint density at radius 2 is 1.96 bits per heavy atom. The summed E-state index contributed by atoms with van der Waals surface area (Å²) >= 11 is 0. The fourth-order valence-electron chi connectivity index (χ4n) is 5.67. The smallest absolute Gasteiger partial charge is 0.252 e. The van der Waals surface area contributed by atoms with Gasteiger partial charge in [-0.15, -0.1) is 0 Å². The number of carbonyl (C=O) groups excluding carboxylic acids is 1. The van der Waals surface area contributed by atoms with E-state index in [2.05, 4.69) is 10.3 Å². The third-order valence-electron chi connectivity index (χ3n) is 6.46. The zero-order chi connectivity index (χ0) is 17.1. The first-order valence-corrected chi connectivity index (χ1v) is 8.63. The van der Waals surface area contributed by atoms with Crippen LogP contribution in [0.2, 0.25) is 0 Å². The van der Waals surface area contributed by atoms with Gasteiger partial charge in [-0.3, -0.25) is 4.79 Å². The van der Waals surface area contributed by atoms with Crippen LogP contribution in [0.3, 0.4) is 0 Å². The summed E-state index contributed by atoms with van der Waals surface area (Å²) in [4.78, 5) is 15.7. The molecule has 2 atom stereocenters. The molecule has 8 N–H and O–H groups in total. The Labute approximate surface area is 141 Å². The molecule has 7 heteroatoms. The SMILES string of the molecule is NC(=O)c1cnc(N)c(N)c1NC1C2CC3CC1CC(CO)(C3)C2. The number of rotatable bonds is 4. The number of aliphatic hydroxyl groups is 1. The van der Waals surface area contributed by atoms with E-state index < -0.39 is 5.91 Å². The van der Waals surface area contributed by atoms with Gasteiger partial charge in [-0.05, 0) is 55.3 Å². The number of nitrogens with one attached hydrogen (secondary N) is 1. The van der Waals surface area contributed by atoms with Crippen molar-refractivity contribution in [3.63, 3.8) is 0 Å². The van der Waals surface area contributed by atoms with E-state index in [1.807, 2.05) is 0 Å². The van der Waals surface area contributed by atoms with E-state index in [0.717, 1.165) is 19.3 Å². The highest BCUT2D eigenvalue weighted by Gasteiger charge is 2.55. The molecule has 4 aliphatic carbocycles. The van der Waals surface area contributed by atoms with Gasteiger partial charge < -0.3 is 27.6 Å². The maximum Gasteiger partial charge on any atom is 0.252 e. The Morgan fingerprint density at radius 1 is 1.29 bits per heavy atom. The number of aliphatic hydroxyl groups excluding tert-OH is 1. The number of hydrogen-bond acceptors (Lipinski definition) is 6. The number of nitrogens with two attached hydrogens (primary N) is 3. The third kappa shape index (κ3) is 2.22. The Kier molecular flexibility index (Phi) is 3.38. The van der Waals surface area contributed by atoms with Crippen LogP contribution in [0.5, 0.6) is 0 Å². The third-order valence-corrected chi connectivity index (χ3v) is 6.46. The van der Waals surface area contributed by atoms with Crippen molar-refractivity contribution in [2.45, 2.75) is 38.1 Å². The van der Waals surface area contributed by atoms with Gasteiger partial charge in [0, 0.05) is 18.8 Å². The number of pyridine rings is 1. The first-order chi connectivity index (χ1) is 11.4. The highest BCUT2D eigenvalue weighted by Crippen LogP contribution is 2.60. The minimum Gasteiger partial charge on any atom is -0.396 e. The molecule has 0 aliphatic heterocycles. The number of carbonyl (C=O) groups is 1. The van der Waals surface area contributed by atoms with E-state index in [9.17, 15) is 9.90 Å².